The summed E-state index contributed by atoms with van der Waals surface area (Å²) in [7, 11) is 0. The van der Waals surface area contributed by atoms with Gasteiger partial charge in [-0.25, -0.2) is 4.39 Å². The van der Waals surface area contributed by atoms with Crippen molar-refractivity contribution >= 4 is 17.4 Å². The summed E-state index contributed by atoms with van der Waals surface area (Å²) in [6.07, 6.45) is 0. The van der Waals surface area contributed by atoms with Crippen molar-refractivity contribution in [2.24, 2.45) is 0 Å². The molecule has 0 aliphatic carbocycles. The van der Waals surface area contributed by atoms with E-state index in [1.165, 1.54) is 6.07 Å². The minimum atomic E-state index is -0.798. The van der Waals surface area contributed by atoms with Gasteiger partial charge in [0.05, 0.1) is 11.4 Å². The van der Waals surface area contributed by atoms with Crippen LogP contribution < -0.4 is 0 Å². The lowest BCUT2D eigenvalue weighted by atomic mass is 10.1. The first kappa shape index (κ1) is 9.99. The molecule has 0 saturated carbocycles. The van der Waals surface area contributed by atoms with Crippen LogP contribution in [0.3, 0.4) is 0 Å². The molecule has 0 saturated heterocycles. The average molecular weight is 203 g/mol. The van der Waals surface area contributed by atoms with E-state index in [2.05, 4.69) is 0 Å². The summed E-state index contributed by atoms with van der Waals surface area (Å²) in [5, 5.41) is 9.17. The first-order valence-electron chi connectivity index (χ1n) is 3.64. The number of aromatic hydroxyl groups is 1. The van der Waals surface area contributed by atoms with Crippen molar-refractivity contribution in [2.75, 3.05) is 5.88 Å². The molecule has 0 radical (unpaired) electrons. The Balaban J connectivity index is 3.28. The molecule has 1 rings (SSSR count). The van der Waals surface area contributed by atoms with Gasteiger partial charge in [0, 0.05) is 0 Å². The Morgan fingerprint density at radius 3 is 2.77 bits per heavy atom. The molecule has 0 heterocycles. The lowest BCUT2D eigenvalue weighted by Crippen LogP contribution is -2.02. The van der Waals surface area contributed by atoms with E-state index in [0.717, 1.165) is 6.07 Å². The van der Waals surface area contributed by atoms with E-state index in [4.69, 9.17) is 16.7 Å². The minimum Gasteiger partial charge on any atom is -0.504 e. The van der Waals surface area contributed by atoms with Crippen LogP contribution in [0, 0.1) is 12.7 Å². The summed E-state index contributed by atoms with van der Waals surface area (Å²) in [5.41, 5.74) is 0.510. The van der Waals surface area contributed by atoms with Gasteiger partial charge in [0.25, 0.3) is 0 Å². The number of Topliss-reactive ketones (excluding diaryl/α,β-unsaturated/α-hetero) is 1. The molecule has 0 spiro atoms. The molecule has 13 heavy (non-hydrogen) atoms. The molecule has 1 aromatic rings. The molecule has 0 bridgehead atoms. The zero-order valence-electron chi connectivity index (χ0n) is 6.97. The maximum Gasteiger partial charge on any atom is 0.181 e. The second-order valence-electron chi connectivity index (χ2n) is 2.70. The molecular weight excluding hydrogens is 195 g/mol. The molecule has 2 nitrogen and oxygen atoms in total. The lowest BCUT2D eigenvalue weighted by molar-refractivity contribution is 0.101. The first-order valence-corrected chi connectivity index (χ1v) is 4.18. The van der Waals surface area contributed by atoms with Gasteiger partial charge >= 0.3 is 0 Å². The third-order valence-corrected chi connectivity index (χ3v) is 1.87. The van der Waals surface area contributed by atoms with Gasteiger partial charge in [-0.1, -0.05) is 0 Å². The molecule has 0 aliphatic heterocycles. The van der Waals surface area contributed by atoms with Crippen molar-refractivity contribution in [3.05, 3.63) is 29.1 Å². The number of ketones is 1. The van der Waals surface area contributed by atoms with Gasteiger partial charge < -0.3 is 5.11 Å². The van der Waals surface area contributed by atoms with Crippen molar-refractivity contribution in [3.63, 3.8) is 0 Å². The number of rotatable bonds is 2. The summed E-state index contributed by atoms with van der Waals surface area (Å²) in [6.45, 7) is 1.63. The number of hydrogen-bond acceptors (Lipinski definition) is 2. The normalized spacial score (nSPS) is 10.1. The van der Waals surface area contributed by atoms with Crippen LogP contribution in [-0.4, -0.2) is 16.8 Å². The van der Waals surface area contributed by atoms with Crippen LogP contribution in [0.4, 0.5) is 4.39 Å². The van der Waals surface area contributed by atoms with E-state index in [-0.39, 0.29) is 11.4 Å². The highest BCUT2D eigenvalue weighted by molar-refractivity contribution is 6.30. The van der Waals surface area contributed by atoms with E-state index in [1.807, 2.05) is 0 Å². The first-order chi connectivity index (χ1) is 6.06. The zero-order chi connectivity index (χ0) is 10.0. The number of hydrogen-bond donors (Lipinski definition) is 1. The summed E-state index contributed by atoms with van der Waals surface area (Å²) in [5.74, 6) is -2.18. The van der Waals surface area contributed by atoms with E-state index >= 15 is 0 Å². The highest BCUT2D eigenvalue weighted by atomic mass is 35.5. The van der Waals surface area contributed by atoms with Crippen LogP contribution in [-0.2, 0) is 0 Å². The molecule has 0 aliphatic rings. The highest BCUT2D eigenvalue weighted by Gasteiger charge is 2.14. The van der Waals surface area contributed by atoms with E-state index in [0.29, 0.717) is 5.56 Å². The number of alkyl halides is 1. The van der Waals surface area contributed by atoms with Gasteiger partial charge in [-0.15, -0.1) is 11.6 Å². The molecule has 4 heteroatoms. The standard InChI is InChI=1S/C9H8ClFO2/c1-5-2-6(8(12)4-10)9(13)7(11)3-5/h2-3,13H,4H2,1H3. The molecule has 0 fully saturated rings. The Hall–Kier alpha value is -1.09. The smallest absolute Gasteiger partial charge is 0.181 e. The minimum absolute atomic E-state index is 0.0625. The Bertz CT molecular complexity index is 350. The molecule has 0 unspecified atom stereocenters. The fourth-order valence-electron chi connectivity index (χ4n) is 1.02. The van der Waals surface area contributed by atoms with Gasteiger partial charge in [0.15, 0.2) is 17.3 Å². The van der Waals surface area contributed by atoms with Gasteiger partial charge in [-0.2, -0.15) is 0 Å². The highest BCUT2D eigenvalue weighted by Crippen LogP contribution is 2.23. The summed E-state index contributed by atoms with van der Waals surface area (Å²) >= 11 is 5.28. The molecule has 0 amide bonds. The van der Waals surface area contributed by atoms with Crippen LogP contribution in [0.1, 0.15) is 15.9 Å². The van der Waals surface area contributed by atoms with E-state index in [1.54, 1.807) is 6.92 Å². The molecule has 1 N–H and O–H groups in total. The fraction of sp³-hybridized carbons (Fsp3) is 0.222. The largest absolute Gasteiger partial charge is 0.504 e. The third-order valence-electron chi connectivity index (χ3n) is 1.63. The second-order valence-corrected chi connectivity index (χ2v) is 2.97. The average Bonchev–Trinajstić information content (AvgIpc) is 2.10. The van der Waals surface area contributed by atoms with Gasteiger partial charge in [-0.05, 0) is 24.6 Å². The predicted molar refractivity (Wildman–Crippen MR) is 47.9 cm³/mol. The monoisotopic (exact) mass is 202 g/mol. The van der Waals surface area contributed by atoms with Crippen LogP contribution in [0.25, 0.3) is 0 Å². The topological polar surface area (TPSA) is 37.3 Å². The lowest BCUT2D eigenvalue weighted by Gasteiger charge is -2.03. The van der Waals surface area contributed by atoms with Crippen LogP contribution in [0.5, 0.6) is 5.75 Å². The van der Waals surface area contributed by atoms with Crippen LogP contribution in [0.2, 0.25) is 0 Å². The number of carbonyl (C=O) groups is 1. The maximum absolute atomic E-state index is 12.9. The number of halogens is 2. The van der Waals surface area contributed by atoms with Gasteiger partial charge in [-0.3, -0.25) is 4.79 Å². The Labute approximate surface area is 80.0 Å². The number of phenolic OH excluding ortho intramolecular Hbond substituents is 1. The SMILES string of the molecule is Cc1cc(F)c(O)c(C(=O)CCl)c1. The van der Waals surface area contributed by atoms with Gasteiger partial charge in [0.1, 0.15) is 0 Å². The van der Waals surface area contributed by atoms with Gasteiger partial charge in [0.2, 0.25) is 0 Å². The van der Waals surface area contributed by atoms with Crippen LogP contribution in [0.15, 0.2) is 12.1 Å². The maximum atomic E-state index is 12.9. The molecule has 0 atom stereocenters. The summed E-state index contributed by atoms with van der Waals surface area (Å²) in [6, 6.07) is 2.56. The third kappa shape index (κ3) is 1.98. The number of carbonyl (C=O) groups excluding carboxylic acids is 1. The Morgan fingerprint density at radius 1 is 1.62 bits per heavy atom. The molecular formula is C9H8ClFO2. The number of benzene rings is 1. The Morgan fingerprint density at radius 2 is 2.23 bits per heavy atom. The number of phenols is 1. The van der Waals surface area contributed by atoms with Crippen molar-refractivity contribution in [2.45, 2.75) is 6.92 Å². The van der Waals surface area contributed by atoms with Crippen LogP contribution >= 0.6 is 11.6 Å². The van der Waals surface area contributed by atoms with Crippen molar-refractivity contribution in [1.29, 1.82) is 0 Å². The van der Waals surface area contributed by atoms with E-state index in [9.17, 15) is 9.18 Å². The second kappa shape index (κ2) is 3.75. The fourth-order valence-corrected chi connectivity index (χ4v) is 1.16. The Kier molecular flexibility index (Phi) is 2.88. The summed E-state index contributed by atoms with van der Waals surface area (Å²) < 4.78 is 12.9. The molecule has 0 aromatic heterocycles. The molecule has 70 valence electrons. The zero-order valence-corrected chi connectivity index (χ0v) is 7.73. The van der Waals surface area contributed by atoms with E-state index < -0.39 is 17.3 Å². The van der Waals surface area contributed by atoms with Crippen molar-refractivity contribution in [1.82, 2.24) is 0 Å². The van der Waals surface area contributed by atoms with Crippen molar-refractivity contribution < 1.29 is 14.3 Å². The molecule has 1 aromatic carbocycles. The number of aryl methyl sites for hydroxylation is 1. The summed E-state index contributed by atoms with van der Waals surface area (Å²) in [4.78, 5) is 11.1. The predicted octanol–water partition coefficient (Wildman–Crippen LogP) is 2.26. The quantitative estimate of drug-likeness (QED) is 0.590. The van der Waals surface area contributed by atoms with Crippen molar-refractivity contribution in [3.8, 4) is 5.75 Å².